The minimum absolute atomic E-state index is 0.149. The SMILES string of the molecule is FC(F)Cn1nnc2nc(N3CCC(F)(F)CC34CC4)cnc21. The smallest absolute Gasteiger partial charge is 0.258 e. The zero-order valence-electron chi connectivity index (χ0n) is 12.1. The van der Waals surface area contributed by atoms with Gasteiger partial charge in [0.15, 0.2) is 5.65 Å². The number of hydrogen-bond donors (Lipinski definition) is 0. The lowest BCUT2D eigenvalue weighted by molar-refractivity contribution is -0.0375. The Morgan fingerprint density at radius 2 is 2.00 bits per heavy atom. The first-order valence-corrected chi connectivity index (χ1v) is 7.38. The Labute approximate surface area is 128 Å². The van der Waals surface area contributed by atoms with E-state index >= 15 is 0 Å². The van der Waals surface area contributed by atoms with Gasteiger partial charge in [-0.05, 0) is 12.8 Å². The first-order valence-electron chi connectivity index (χ1n) is 7.38. The van der Waals surface area contributed by atoms with Crippen LogP contribution in [0.5, 0.6) is 0 Å². The molecule has 1 saturated carbocycles. The third-order valence-corrected chi connectivity index (χ3v) is 4.49. The van der Waals surface area contributed by atoms with Crippen molar-refractivity contribution in [3.63, 3.8) is 0 Å². The standard InChI is InChI=1S/C13H14F4N6/c14-8(15)6-23-11-10(20-21-23)19-9(5-18-11)22-4-3-13(16,17)7-12(22)1-2-12/h5,8H,1-4,6-7H2. The molecule has 0 amide bonds. The van der Waals surface area contributed by atoms with Crippen molar-refractivity contribution >= 4 is 17.1 Å². The molecule has 2 aliphatic rings. The molecule has 4 rings (SSSR count). The quantitative estimate of drug-likeness (QED) is 0.808. The van der Waals surface area contributed by atoms with Crippen LogP contribution >= 0.6 is 0 Å². The van der Waals surface area contributed by atoms with Gasteiger partial charge in [0.1, 0.15) is 12.4 Å². The second kappa shape index (κ2) is 4.75. The van der Waals surface area contributed by atoms with E-state index in [1.54, 1.807) is 0 Å². The van der Waals surface area contributed by atoms with Gasteiger partial charge < -0.3 is 4.90 Å². The summed E-state index contributed by atoms with van der Waals surface area (Å²) < 4.78 is 53.2. The fraction of sp³-hybridized carbons (Fsp3) is 0.692. The van der Waals surface area contributed by atoms with Gasteiger partial charge in [-0.25, -0.2) is 32.2 Å². The Kier molecular flexibility index (Phi) is 3.01. The van der Waals surface area contributed by atoms with Crippen molar-refractivity contribution in [2.24, 2.45) is 0 Å². The molecule has 0 bridgehead atoms. The van der Waals surface area contributed by atoms with Crippen molar-refractivity contribution in [2.75, 3.05) is 11.4 Å². The Bertz CT molecular complexity index is 741. The van der Waals surface area contributed by atoms with Gasteiger partial charge in [0, 0.05) is 24.9 Å². The molecule has 1 aliphatic heterocycles. The molecule has 0 atom stereocenters. The molecule has 10 heteroatoms. The van der Waals surface area contributed by atoms with Crippen LogP contribution in [0, 0.1) is 0 Å². The molecule has 0 N–H and O–H groups in total. The van der Waals surface area contributed by atoms with Crippen LogP contribution < -0.4 is 4.90 Å². The van der Waals surface area contributed by atoms with Gasteiger partial charge in [-0.1, -0.05) is 5.21 Å². The van der Waals surface area contributed by atoms with Gasteiger partial charge in [-0.3, -0.25) is 0 Å². The van der Waals surface area contributed by atoms with Crippen molar-refractivity contribution < 1.29 is 17.6 Å². The van der Waals surface area contributed by atoms with E-state index in [4.69, 9.17) is 0 Å². The van der Waals surface area contributed by atoms with Crippen LogP contribution in [0.2, 0.25) is 0 Å². The molecule has 2 aromatic heterocycles. The largest absolute Gasteiger partial charge is 0.349 e. The van der Waals surface area contributed by atoms with Crippen LogP contribution in [0.1, 0.15) is 25.7 Å². The summed E-state index contributed by atoms with van der Waals surface area (Å²) in [4.78, 5) is 10.3. The molecule has 2 fully saturated rings. The minimum Gasteiger partial charge on any atom is -0.349 e. The molecule has 3 heterocycles. The van der Waals surface area contributed by atoms with Crippen LogP contribution in [0.4, 0.5) is 23.4 Å². The van der Waals surface area contributed by atoms with Crippen LogP contribution in [0.15, 0.2) is 6.20 Å². The van der Waals surface area contributed by atoms with E-state index in [0.717, 1.165) is 4.68 Å². The third kappa shape index (κ3) is 2.49. The van der Waals surface area contributed by atoms with Crippen molar-refractivity contribution in [3.8, 4) is 0 Å². The van der Waals surface area contributed by atoms with Gasteiger partial charge in [-0.2, -0.15) is 0 Å². The Balaban J connectivity index is 1.65. The first-order chi connectivity index (χ1) is 10.9. The molecule has 1 spiro atoms. The number of rotatable bonds is 3. The molecule has 2 aromatic rings. The molecule has 124 valence electrons. The van der Waals surface area contributed by atoms with Crippen LogP contribution in [0.3, 0.4) is 0 Å². The Hall–Kier alpha value is -2.00. The first kappa shape index (κ1) is 14.6. The number of nitrogens with zero attached hydrogens (tertiary/aromatic N) is 6. The van der Waals surface area contributed by atoms with E-state index in [1.165, 1.54) is 6.20 Å². The average molecular weight is 330 g/mol. The molecule has 0 unspecified atom stereocenters. The predicted octanol–water partition coefficient (Wildman–Crippen LogP) is 2.25. The maximum atomic E-state index is 13.6. The van der Waals surface area contributed by atoms with E-state index in [9.17, 15) is 17.6 Å². The highest BCUT2D eigenvalue weighted by Crippen LogP contribution is 2.53. The number of fused-ring (bicyclic) bond motifs is 1. The summed E-state index contributed by atoms with van der Waals surface area (Å²) in [6.45, 7) is -0.414. The summed E-state index contributed by atoms with van der Waals surface area (Å²) in [5.74, 6) is -2.19. The monoisotopic (exact) mass is 330 g/mol. The zero-order valence-corrected chi connectivity index (χ0v) is 12.1. The lowest BCUT2D eigenvalue weighted by Gasteiger charge is -2.40. The topological polar surface area (TPSA) is 59.7 Å². The summed E-state index contributed by atoms with van der Waals surface area (Å²) in [5.41, 5.74) is -0.235. The van der Waals surface area contributed by atoms with Gasteiger partial charge in [0.05, 0.1) is 6.20 Å². The maximum Gasteiger partial charge on any atom is 0.258 e. The van der Waals surface area contributed by atoms with Gasteiger partial charge in [-0.15, -0.1) is 5.10 Å². The maximum absolute atomic E-state index is 13.6. The van der Waals surface area contributed by atoms with E-state index < -0.39 is 24.4 Å². The van der Waals surface area contributed by atoms with Crippen LogP contribution in [-0.4, -0.2) is 49.4 Å². The van der Waals surface area contributed by atoms with Gasteiger partial charge >= 0.3 is 0 Å². The van der Waals surface area contributed by atoms with Crippen LogP contribution in [0.25, 0.3) is 11.3 Å². The zero-order chi connectivity index (χ0) is 16.2. The van der Waals surface area contributed by atoms with E-state index in [1.807, 2.05) is 4.90 Å². The van der Waals surface area contributed by atoms with Crippen molar-refractivity contribution in [1.82, 2.24) is 25.0 Å². The number of halogens is 4. The number of piperidine rings is 1. The molecule has 0 radical (unpaired) electrons. The highest BCUT2D eigenvalue weighted by atomic mass is 19.3. The lowest BCUT2D eigenvalue weighted by Crippen LogP contribution is -2.49. The second-order valence-corrected chi connectivity index (χ2v) is 6.20. The molecule has 1 saturated heterocycles. The highest BCUT2D eigenvalue weighted by Gasteiger charge is 2.57. The fourth-order valence-corrected chi connectivity index (χ4v) is 3.26. The highest BCUT2D eigenvalue weighted by molar-refractivity contribution is 5.67. The normalized spacial score (nSPS) is 22.2. The third-order valence-electron chi connectivity index (χ3n) is 4.49. The summed E-state index contributed by atoms with van der Waals surface area (Å²) in [6, 6.07) is 0. The molecular formula is C13H14F4N6. The second-order valence-electron chi connectivity index (χ2n) is 6.20. The van der Waals surface area contributed by atoms with Gasteiger partial charge in [0.2, 0.25) is 5.65 Å². The van der Waals surface area contributed by atoms with Crippen molar-refractivity contribution in [1.29, 1.82) is 0 Å². The lowest BCUT2D eigenvalue weighted by atomic mass is 9.96. The summed E-state index contributed by atoms with van der Waals surface area (Å²) in [5, 5.41) is 7.38. The number of hydrogen-bond acceptors (Lipinski definition) is 5. The fourth-order valence-electron chi connectivity index (χ4n) is 3.26. The summed E-state index contributed by atoms with van der Waals surface area (Å²) in [6.07, 6.45) is -0.164. The molecule has 0 aromatic carbocycles. The van der Waals surface area contributed by atoms with E-state index in [0.29, 0.717) is 18.7 Å². The van der Waals surface area contributed by atoms with Crippen LogP contribution in [-0.2, 0) is 6.54 Å². The van der Waals surface area contributed by atoms with Crippen molar-refractivity contribution in [2.45, 2.75) is 50.1 Å². The minimum atomic E-state index is -2.65. The molecule has 6 nitrogen and oxygen atoms in total. The van der Waals surface area contributed by atoms with E-state index in [2.05, 4.69) is 20.3 Å². The predicted molar refractivity (Wildman–Crippen MR) is 72.6 cm³/mol. The number of aromatic nitrogens is 5. The summed E-state index contributed by atoms with van der Waals surface area (Å²) >= 11 is 0. The number of anilines is 1. The van der Waals surface area contributed by atoms with E-state index in [-0.39, 0.29) is 30.7 Å². The molecule has 23 heavy (non-hydrogen) atoms. The average Bonchev–Trinajstić information content (AvgIpc) is 3.10. The summed E-state index contributed by atoms with van der Waals surface area (Å²) in [7, 11) is 0. The molecular weight excluding hydrogens is 316 g/mol. The Morgan fingerprint density at radius 3 is 2.70 bits per heavy atom. The van der Waals surface area contributed by atoms with Crippen molar-refractivity contribution in [3.05, 3.63) is 6.20 Å². The van der Waals surface area contributed by atoms with Gasteiger partial charge in [0.25, 0.3) is 12.3 Å². The molecule has 1 aliphatic carbocycles. The Morgan fingerprint density at radius 1 is 1.22 bits per heavy atom. The number of alkyl halides is 4.